The average molecular weight is 346 g/mol. The van der Waals surface area contributed by atoms with Crippen molar-refractivity contribution in [3.8, 4) is 0 Å². The van der Waals surface area contributed by atoms with Gasteiger partial charge in [-0.25, -0.2) is 8.42 Å². The molecule has 0 fully saturated rings. The molecule has 9 heteroatoms. The monoisotopic (exact) mass is 345 g/mol. The summed E-state index contributed by atoms with van der Waals surface area (Å²) in [5.74, 6) is 0.419. The third-order valence-corrected chi connectivity index (χ3v) is 4.14. The Morgan fingerprint density at radius 2 is 1.76 bits per heavy atom. The molecule has 0 saturated carbocycles. The second-order valence-electron chi connectivity index (χ2n) is 4.06. The van der Waals surface area contributed by atoms with Crippen molar-refractivity contribution >= 4 is 27.1 Å². The molecular formula is C12H15ClF3NO3S. The zero-order chi connectivity index (χ0) is 15.9. The van der Waals surface area contributed by atoms with Crippen LogP contribution in [0.1, 0.15) is 6.42 Å². The van der Waals surface area contributed by atoms with E-state index < -0.39 is 20.2 Å². The predicted octanol–water partition coefficient (Wildman–Crippen LogP) is 3.04. The van der Waals surface area contributed by atoms with E-state index in [9.17, 15) is 21.6 Å². The van der Waals surface area contributed by atoms with E-state index in [1.54, 1.807) is 0 Å². The van der Waals surface area contributed by atoms with Crippen molar-refractivity contribution in [2.24, 2.45) is 0 Å². The number of rotatable bonds is 8. The van der Waals surface area contributed by atoms with Crippen LogP contribution < -0.4 is 5.32 Å². The Labute approximate surface area is 126 Å². The maximum Gasteiger partial charge on any atom is 0.501 e. The minimum absolute atomic E-state index is 0.419. The summed E-state index contributed by atoms with van der Waals surface area (Å²) in [5, 5.41) is 2.95. The number of hydrogen-bond donors (Lipinski definition) is 1. The largest absolute Gasteiger partial charge is 0.501 e. The van der Waals surface area contributed by atoms with Crippen LogP contribution in [-0.2, 0) is 14.6 Å². The van der Waals surface area contributed by atoms with Gasteiger partial charge >= 0.3 is 5.51 Å². The zero-order valence-corrected chi connectivity index (χ0v) is 12.6. The zero-order valence-electron chi connectivity index (χ0n) is 11.0. The summed E-state index contributed by atoms with van der Waals surface area (Å²) < 4.78 is 64.5. The van der Waals surface area contributed by atoms with Gasteiger partial charge in [-0.15, -0.1) is 11.6 Å². The van der Waals surface area contributed by atoms with Crippen molar-refractivity contribution in [1.29, 1.82) is 0 Å². The van der Waals surface area contributed by atoms with Gasteiger partial charge in [-0.05, 0) is 30.7 Å². The fraction of sp³-hybridized carbons (Fsp3) is 0.500. The van der Waals surface area contributed by atoms with Crippen LogP contribution in [0.25, 0.3) is 0 Å². The van der Waals surface area contributed by atoms with Crippen LogP contribution in [-0.4, -0.2) is 39.6 Å². The minimum atomic E-state index is -5.29. The van der Waals surface area contributed by atoms with Crippen LogP contribution in [0.4, 0.5) is 18.9 Å². The van der Waals surface area contributed by atoms with Gasteiger partial charge in [0.25, 0.3) is 9.84 Å². The molecule has 0 saturated heterocycles. The van der Waals surface area contributed by atoms with Crippen molar-refractivity contribution in [2.45, 2.75) is 16.8 Å². The highest BCUT2D eigenvalue weighted by atomic mass is 35.5. The van der Waals surface area contributed by atoms with Crippen LogP contribution in [0.5, 0.6) is 0 Å². The molecule has 1 rings (SSSR count). The van der Waals surface area contributed by atoms with Gasteiger partial charge in [0, 0.05) is 24.7 Å². The molecule has 120 valence electrons. The lowest BCUT2D eigenvalue weighted by molar-refractivity contribution is -0.0436. The molecular weight excluding hydrogens is 331 g/mol. The highest BCUT2D eigenvalue weighted by Gasteiger charge is 2.46. The first-order valence-corrected chi connectivity index (χ1v) is 8.10. The SMILES string of the molecule is O=S(=O)(c1ccc(NCCCOCCCl)cc1)C(F)(F)F. The molecule has 0 aliphatic heterocycles. The Morgan fingerprint density at radius 1 is 1.14 bits per heavy atom. The van der Waals surface area contributed by atoms with Gasteiger partial charge < -0.3 is 10.1 Å². The molecule has 0 amide bonds. The summed E-state index contributed by atoms with van der Waals surface area (Å²) >= 11 is 5.42. The first-order valence-electron chi connectivity index (χ1n) is 6.08. The summed E-state index contributed by atoms with van der Waals surface area (Å²) in [6, 6.07) is 4.43. The van der Waals surface area contributed by atoms with E-state index >= 15 is 0 Å². The fourth-order valence-electron chi connectivity index (χ4n) is 1.45. The molecule has 4 nitrogen and oxygen atoms in total. The summed E-state index contributed by atoms with van der Waals surface area (Å²) in [5.41, 5.74) is -4.75. The maximum absolute atomic E-state index is 12.3. The number of sulfone groups is 1. The fourth-order valence-corrected chi connectivity index (χ4v) is 2.32. The number of alkyl halides is 4. The van der Waals surface area contributed by atoms with Gasteiger partial charge in [-0.3, -0.25) is 0 Å². The second-order valence-corrected chi connectivity index (χ2v) is 6.37. The van der Waals surface area contributed by atoms with Gasteiger partial charge in [-0.1, -0.05) is 0 Å². The number of ether oxygens (including phenoxy) is 1. The van der Waals surface area contributed by atoms with E-state index in [4.69, 9.17) is 16.3 Å². The van der Waals surface area contributed by atoms with Crippen molar-refractivity contribution < 1.29 is 26.3 Å². The number of benzene rings is 1. The van der Waals surface area contributed by atoms with Gasteiger partial charge in [0.1, 0.15) is 0 Å². The molecule has 0 radical (unpaired) electrons. The molecule has 0 spiro atoms. The molecule has 0 aliphatic rings. The first kappa shape index (κ1) is 18.1. The number of halogens is 4. The normalized spacial score (nSPS) is 12.4. The van der Waals surface area contributed by atoms with Crippen LogP contribution in [0, 0.1) is 0 Å². The van der Waals surface area contributed by atoms with E-state index in [2.05, 4.69) is 5.32 Å². The Bertz CT molecular complexity index is 532. The Hall–Kier alpha value is -0.990. The van der Waals surface area contributed by atoms with Crippen LogP contribution in [0.15, 0.2) is 29.2 Å². The van der Waals surface area contributed by atoms with Gasteiger partial charge in [-0.2, -0.15) is 13.2 Å². The highest BCUT2D eigenvalue weighted by Crippen LogP contribution is 2.30. The van der Waals surface area contributed by atoms with E-state index in [-0.39, 0.29) is 0 Å². The minimum Gasteiger partial charge on any atom is -0.385 e. The Morgan fingerprint density at radius 3 is 2.29 bits per heavy atom. The van der Waals surface area contributed by atoms with Gasteiger partial charge in [0.2, 0.25) is 0 Å². The standard InChI is InChI=1S/C12H15ClF3NO3S/c13-6-9-20-8-1-7-17-10-2-4-11(5-3-10)21(18,19)12(14,15)16/h2-5,17H,1,6-9H2. The second kappa shape index (κ2) is 7.86. The Balaban J connectivity index is 2.52. The Kier molecular flexibility index (Phi) is 6.76. The van der Waals surface area contributed by atoms with E-state index in [0.717, 1.165) is 12.1 Å². The topological polar surface area (TPSA) is 55.4 Å². The predicted molar refractivity (Wildman–Crippen MR) is 74.3 cm³/mol. The van der Waals surface area contributed by atoms with Crippen LogP contribution in [0.2, 0.25) is 0 Å². The first-order chi connectivity index (χ1) is 9.79. The molecule has 0 unspecified atom stereocenters. The summed E-state index contributed by atoms with van der Waals surface area (Å²) in [6.45, 7) is 1.53. The molecule has 0 bridgehead atoms. The number of nitrogens with one attached hydrogen (secondary N) is 1. The lowest BCUT2D eigenvalue weighted by atomic mass is 10.3. The smallest absolute Gasteiger partial charge is 0.385 e. The lowest BCUT2D eigenvalue weighted by Crippen LogP contribution is -2.23. The van der Waals surface area contributed by atoms with Crippen molar-refractivity contribution in [1.82, 2.24) is 0 Å². The summed E-state index contributed by atoms with van der Waals surface area (Å²) in [6.07, 6.45) is 0.694. The third-order valence-electron chi connectivity index (χ3n) is 2.49. The quantitative estimate of drug-likeness (QED) is 0.581. The number of hydrogen-bond acceptors (Lipinski definition) is 4. The molecule has 0 heterocycles. The van der Waals surface area contributed by atoms with Crippen LogP contribution >= 0.6 is 11.6 Å². The number of anilines is 1. The van der Waals surface area contributed by atoms with Gasteiger partial charge in [0.15, 0.2) is 0 Å². The van der Waals surface area contributed by atoms with E-state index in [0.29, 0.717) is 37.7 Å². The molecule has 1 N–H and O–H groups in total. The molecule has 0 atom stereocenters. The maximum atomic E-state index is 12.3. The molecule has 21 heavy (non-hydrogen) atoms. The van der Waals surface area contributed by atoms with Crippen molar-refractivity contribution in [3.63, 3.8) is 0 Å². The molecule has 0 aromatic heterocycles. The summed E-state index contributed by atoms with van der Waals surface area (Å²) in [4.78, 5) is -0.772. The van der Waals surface area contributed by atoms with Crippen molar-refractivity contribution in [3.05, 3.63) is 24.3 Å². The lowest BCUT2D eigenvalue weighted by Gasteiger charge is -2.10. The molecule has 1 aromatic rings. The third kappa shape index (κ3) is 5.37. The van der Waals surface area contributed by atoms with Gasteiger partial charge in [0.05, 0.1) is 11.5 Å². The highest BCUT2D eigenvalue weighted by molar-refractivity contribution is 7.92. The molecule has 0 aliphatic carbocycles. The average Bonchev–Trinajstić information content (AvgIpc) is 2.42. The van der Waals surface area contributed by atoms with Crippen molar-refractivity contribution in [2.75, 3.05) is 31.0 Å². The molecule has 1 aromatic carbocycles. The van der Waals surface area contributed by atoms with E-state index in [1.165, 1.54) is 12.1 Å². The van der Waals surface area contributed by atoms with Crippen LogP contribution in [0.3, 0.4) is 0 Å². The van der Waals surface area contributed by atoms with E-state index in [1.807, 2.05) is 0 Å². The summed E-state index contributed by atoms with van der Waals surface area (Å²) in [7, 11) is -5.29.